The average molecular weight is 257 g/mol. The molecule has 2 bridgehead atoms. The molecule has 1 N–H and O–H groups in total. The Bertz CT molecular complexity index is 482. The van der Waals surface area contributed by atoms with E-state index in [4.69, 9.17) is 0 Å². The van der Waals surface area contributed by atoms with Crippen molar-refractivity contribution in [3.8, 4) is 0 Å². The molecule has 19 heavy (non-hydrogen) atoms. The number of piperidine rings is 2. The molecule has 0 aliphatic carbocycles. The lowest BCUT2D eigenvalue weighted by molar-refractivity contribution is 0.0825. The number of benzene rings is 1. The second-order valence-corrected chi connectivity index (χ2v) is 6.32. The van der Waals surface area contributed by atoms with E-state index in [9.17, 15) is 4.79 Å². The summed E-state index contributed by atoms with van der Waals surface area (Å²) in [5, 5.41) is 3.66. The lowest BCUT2D eigenvalue weighted by Gasteiger charge is -2.39. The van der Waals surface area contributed by atoms with Crippen molar-refractivity contribution in [2.45, 2.75) is 58.0 Å². The first kappa shape index (κ1) is 12.9. The van der Waals surface area contributed by atoms with Gasteiger partial charge in [-0.3, -0.25) is 4.79 Å². The summed E-state index contributed by atoms with van der Waals surface area (Å²) in [5.41, 5.74) is 3.40. The highest BCUT2D eigenvalue weighted by Crippen LogP contribution is 2.31. The molecule has 2 aliphatic rings. The number of aryl methyl sites for hydroxylation is 2. The number of rotatable bonds is 2. The molecule has 1 aromatic rings. The summed E-state index contributed by atoms with van der Waals surface area (Å²) in [6.45, 7) is 4.18. The summed E-state index contributed by atoms with van der Waals surface area (Å²) >= 11 is 0. The highest BCUT2D eigenvalue weighted by atomic mass is 16.1. The van der Waals surface area contributed by atoms with Crippen LogP contribution < -0.4 is 5.32 Å². The molecule has 0 amide bonds. The van der Waals surface area contributed by atoms with E-state index in [-0.39, 0.29) is 5.92 Å². The van der Waals surface area contributed by atoms with Crippen LogP contribution in [0, 0.1) is 19.8 Å². The molecule has 3 rings (SSSR count). The van der Waals surface area contributed by atoms with Crippen LogP contribution in [0.2, 0.25) is 0 Å². The summed E-state index contributed by atoms with van der Waals surface area (Å²) in [6.07, 6.45) is 5.87. The van der Waals surface area contributed by atoms with Gasteiger partial charge in [0.05, 0.1) is 0 Å². The van der Waals surface area contributed by atoms with Crippen LogP contribution in [-0.2, 0) is 0 Å². The van der Waals surface area contributed by atoms with Crippen LogP contribution in [0.5, 0.6) is 0 Å². The molecule has 0 radical (unpaired) electrons. The number of ketones is 1. The molecular weight excluding hydrogens is 234 g/mol. The van der Waals surface area contributed by atoms with Gasteiger partial charge in [0.2, 0.25) is 0 Å². The van der Waals surface area contributed by atoms with Crippen LogP contribution in [0.3, 0.4) is 0 Å². The van der Waals surface area contributed by atoms with E-state index in [0.717, 1.165) is 18.4 Å². The summed E-state index contributed by atoms with van der Waals surface area (Å²) in [6, 6.07) is 7.29. The molecule has 2 heterocycles. The maximum atomic E-state index is 12.7. The van der Waals surface area contributed by atoms with Crippen molar-refractivity contribution in [3.05, 3.63) is 34.9 Å². The molecular formula is C17H23NO. The van der Waals surface area contributed by atoms with Crippen molar-refractivity contribution >= 4 is 5.78 Å². The zero-order valence-corrected chi connectivity index (χ0v) is 11.9. The van der Waals surface area contributed by atoms with Gasteiger partial charge in [-0.15, -0.1) is 0 Å². The Hall–Kier alpha value is -1.15. The molecule has 2 fully saturated rings. The fourth-order valence-corrected chi connectivity index (χ4v) is 3.61. The van der Waals surface area contributed by atoms with E-state index < -0.39 is 0 Å². The topological polar surface area (TPSA) is 29.1 Å². The largest absolute Gasteiger partial charge is 0.311 e. The molecule has 2 saturated heterocycles. The van der Waals surface area contributed by atoms with Crippen LogP contribution >= 0.6 is 0 Å². The zero-order chi connectivity index (χ0) is 13.4. The molecule has 0 spiro atoms. The molecule has 2 atom stereocenters. The number of Topliss-reactive ketones (excluding diaryl/α,β-unsaturated/α-hetero) is 1. The van der Waals surface area contributed by atoms with E-state index in [1.165, 1.54) is 30.4 Å². The monoisotopic (exact) mass is 257 g/mol. The SMILES string of the molecule is Cc1ccc(C(=O)C2CC3CCCC(C2)N3)cc1C. The molecule has 0 saturated carbocycles. The smallest absolute Gasteiger partial charge is 0.166 e. The minimum absolute atomic E-state index is 0.235. The van der Waals surface area contributed by atoms with E-state index in [1.807, 2.05) is 6.07 Å². The van der Waals surface area contributed by atoms with Gasteiger partial charge in [0, 0.05) is 23.6 Å². The van der Waals surface area contributed by atoms with Gasteiger partial charge in [0.1, 0.15) is 0 Å². The molecule has 1 aromatic carbocycles. The van der Waals surface area contributed by atoms with Crippen molar-refractivity contribution in [1.82, 2.24) is 5.32 Å². The van der Waals surface area contributed by atoms with Crippen molar-refractivity contribution in [1.29, 1.82) is 0 Å². The van der Waals surface area contributed by atoms with Crippen LogP contribution in [0.1, 0.15) is 53.6 Å². The van der Waals surface area contributed by atoms with Crippen molar-refractivity contribution in [3.63, 3.8) is 0 Å². The zero-order valence-electron chi connectivity index (χ0n) is 11.9. The predicted molar refractivity (Wildman–Crippen MR) is 77.5 cm³/mol. The Balaban J connectivity index is 1.78. The second-order valence-electron chi connectivity index (χ2n) is 6.32. The molecule has 102 valence electrons. The third-order valence-electron chi connectivity index (χ3n) is 4.88. The first-order chi connectivity index (χ1) is 9.13. The predicted octanol–water partition coefficient (Wildman–Crippen LogP) is 3.41. The number of hydrogen-bond acceptors (Lipinski definition) is 2. The lowest BCUT2D eigenvalue weighted by atomic mass is 9.77. The van der Waals surface area contributed by atoms with Gasteiger partial charge in [-0.1, -0.05) is 18.6 Å². The van der Waals surface area contributed by atoms with Gasteiger partial charge in [-0.2, -0.15) is 0 Å². The molecule has 2 unspecified atom stereocenters. The first-order valence-electron chi connectivity index (χ1n) is 7.51. The van der Waals surface area contributed by atoms with E-state index >= 15 is 0 Å². The maximum Gasteiger partial charge on any atom is 0.166 e. The van der Waals surface area contributed by atoms with Crippen molar-refractivity contribution in [2.75, 3.05) is 0 Å². The number of hydrogen-bond donors (Lipinski definition) is 1. The minimum Gasteiger partial charge on any atom is -0.311 e. The maximum absolute atomic E-state index is 12.7. The molecule has 0 aromatic heterocycles. The van der Waals surface area contributed by atoms with E-state index in [2.05, 4.69) is 31.3 Å². The second kappa shape index (κ2) is 5.09. The lowest BCUT2D eigenvalue weighted by Crippen LogP contribution is -2.50. The highest BCUT2D eigenvalue weighted by Gasteiger charge is 2.34. The number of carbonyl (C=O) groups excluding carboxylic acids is 1. The van der Waals surface area contributed by atoms with Crippen LogP contribution in [0.25, 0.3) is 0 Å². The van der Waals surface area contributed by atoms with Gasteiger partial charge in [0.25, 0.3) is 0 Å². The van der Waals surface area contributed by atoms with Crippen molar-refractivity contribution < 1.29 is 4.79 Å². The van der Waals surface area contributed by atoms with Crippen molar-refractivity contribution in [2.24, 2.45) is 5.92 Å². The number of carbonyl (C=O) groups is 1. The summed E-state index contributed by atoms with van der Waals surface area (Å²) in [7, 11) is 0. The fourth-order valence-electron chi connectivity index (χ4n) is 3.61. The quantitative estimate of drug-likeness (QED) is 0.823. The Morgan fingerprint density at radius 2 is 1.79 bits per heavy atom. The Morgan fingerprint density at radius 1 is 1.11 bits per heavy atom. The average Bonchev–Trinajstić information content (AvgIpc) is 2.40. The first-order valence-corrected chi connectivity index (χ1v) is 7.51. The van der Waals surface area contributed by atoms with Gasteiger partial charge < -0.3 is 5.32 Å². The third-order valence-corrected chi connectivity index (χ3v) is 4.88. The van der Waals surface area contributed by atoms with Crippen LogP contribution in [0.15, 0.2) is 18.2 Å². The Labute approximate surface area is 115 Å². The normalized spacial score (nSPS) is 30.1. The highest BCUT2D eigenvalue weighted by molar-refractivity contribution is 5.98. The summed E-state index contributed by atoms with van der Waals surface area (Å²) in [5.74, 6) is 0.597. The van der Waals surface area contributed by atoms with Crippen LogP contribution in [0.4, 0.5) is 0 Å². The standard InChI is InChI=1S/C17H23NO/c1-11-6-7-13(8-12(11)2)17(19)14-9-15-4-3-5-16(10-14)18-15/h6-8,14-16,18H,3-5,9-10H2,1-2H3. The van der Waals surface area contributed by atoms with Crippen LogP contribution in [-0.4, -0.2) is 17.9 Å². The number of nitrogens with one attached hydrogen (secondary N) is 1. The third kappa shape index (κ3) is 2.59. The Kier molecular flexibility index (Phi) is 3.44. The summed E-state index contributed by atoms with van der Waals surface area (Å²) < 4.78 is 0. The summed E-state index contributed by atoms with van der Waals surface area (Å²) in [4.78, 5) is 12.7. The molecule has 2 heteroatoms. The Morgan fingerprint density at radius 3 is 2.42 bits per heavy atom. The fraction of sp³-hybridized carbons (Fsp3) is 0.588. The van der Waals surface area contributed by atoms with E-state index in [1.54, 1.807) is 0 Å². The molecule has 2 nitrogen and oxygen atoms in total. The van der Waals surface area contributed by atoms with Gasteiger partial charge >= 0.3 is 0 Å². The minimum atomic E-state index is 0.235. The van der Waals surface area contributed by atoms with Gasteiger partial charge in [0.15, 0.2) is 5.78 Å². The van der Waals surface area contributed by atoms with Gasteiger partial charge in [-0.25, -0.2) is 0 Å². The molecule has 2 aliphatic heterocycles. The number of fused-ring (bicyclic) bond motifs is 2. The van der Waals surface area contributed by atoms with E-state index in [0.29, 0.717) is 17.9 Å². The van der Waals surface area contributed by atoms with Gasteiger partial charge in [-0.05, 0) is 56.7 Å².